The van der Waals surface area contributed by atoms with E-state index in [2.05, 4.69) is 15.3 Å². The molecular formula is C26H20F2N4O4S. The summed E-state index contributed by atoms with van der Waals surface area (Å²) in [5, 5.41) is 6.58. The lowest BCUT2D eigenvalue weighted by molar-refractivity contribution is 0.0919. The number of carbonyl (C=O) groups excluding carboxylic acids is 1. The number of ether oxygens (including phenoxy) is 1. The lowest BCUT2D eigenvalue weighted by Crippen LogP contribution is -2.37. The summed E-state index contributed by atoms with van der Waals surface area (Å²) in [5.41, 5.74) is 1.41. The van der Waals surface area contributed by atoms with Gasteiger partial charge in [-0.1, -0.05) is 6.07 Å². The van der Waals surface area contributed by atoms with E-state index in [0.29, 0.717) is 22.3 Å². The van der Waals surface area contributed by atoms with Crippen molar-refractivity contribution in [2.24, 2.45) is 0 Å². The summed E-state index contributed by atoms with van der Waals surface area (Å²) in [4.78, 5) is 43.0. The Morgan fingerprint density at radius 2 is 1.86 bits per heavy atom. The second-order valence-electron chi connectivity index (χ2n) is 8.28. The summed E-state index contributed by atoms with van der Waals surface area (Å²) < 4.78 is 34.0. The molecule has 5 rings (SSSR count). The fourth-order valence-corrected chi connectivity index (χ4v) is 4.59. The molecule has 0 saturated heterocycles. The fraction of sp³-hybridized carbons (Fsp3) is 0.115. The van der Waals surface area contributed by atoms with Gasteiger partial charge in [-0.15, -0.1) is 0 Å². The highest BCUT2D eigenvalue weighted by Gasteiger charge is 2.20. The molecule has 0 saturated carbocycles. The fourth-order valence-electron chi connectivity index (χ4n) is 3.88. The summed E-state index contributed by atoms with van der Waals surface area (Å²) in [6, 6.07) is 12.7. The molecule has 0 aliphatic rings. The first kappa shape index (κ1) is 24.2. The van der Waals surface area contributed by atoms with Gasteiger partial charge in [-0.25, -0.2) is 13.6 Å². The van der Waals surface area contributed by atoms with Crippen LogP contribution in [0, 0.1) is 11.6 Å². The molecule has 37 heavy (non-hydrogen) atoms. The molecule has 1 amide bonds. The maximum absolute atomic E-state index is 13.6. The molecule has 188 valence electrons. The van der Waals surface area contributed by atoms with E-state index < -0.39 is 29.1 Å². The first-order chi connectivity index (χ1) is 17.9. The van der Waals surface area contributed by atoms with Crippen LogP contribution in [0.1, 0.15) is 27.5 Å². The number of carbonyl (C=O) groups is 1. The standard InChI is InChI=1S/C26H20F2N4O4S/c27-19-5-3-15(10-20(19)28)12-32-8-1-2-18(25(32)34)24(33)29-23(16-7-9-37-14-16)13-36-17-4-6-21-22(11-17)31-26(35)30-21/h1-11,14,23H,12-13H2,(H,29,33)(H2,30,31,35)/t23-/m0/s1. The number of fused-ring (bicyclic) bond motifs is 1. The molecule has 5 aromatic rings. The normalized spacial score (nSPS) is 11.9. The molecule has 0 spiro atoms. The second-order valence-corrected chi connectivity index (χ2v) is 9.06. The first-order valence-corrected chi connectivity index (χ1v) is 12.1. The van der Waals surface area contributed by atoms with Crippen molar-refractivity contribution >= 4 is 28.3 Å². The van der Waals surface area contributed by atoms with Gasteiger partial charge in [-0.3, -0.25) is 9.59 Å². The van der Waals surface area contributed by atoms with Gasteiger partial charge in [0, 0.05) is 12.3 Å². The molecule has 1 atom stereocenters. The highest BCUT2D eigenvalue weighted by atomic mass is 32.1. The van der Waals surface area contributed by atoms with Gasteiger partial charge in [0.1, 0.15) is 17.9 Å². The lowest BCUT2D eigenvalue weighted by Gasteiger charge is -2.19. The number of H-pyrrole nitrogens is 2. The number of pyridine rings is 1. The molecule has 0 aliphatic heterocycles. The van der Waals surface area contributed by atoms with E-state index in [9.17, 15) is 23.2 Å². The van der Waals surface area contributed by atoms with Crippen LogP contribution in [0.4, 0.5) is 8.78 Å². The molecule has 0 unspecified atom stereocenters. The average Bonchev–Trinajstić information content (AvgIpc) is 3.54. The van der Waals surface area contributed by atoms with E-state index in [4.69, 9.17) is 4.74 Å². The summed E-state index contributed by atoms with van der Waals surface area (Å²) >= 11 is 1.45. The van der Waals surface area contributed by atoms with Crippen molar-refractivity contribution < 1.29 is 18.3 Å². The van der Waals surface area contributed by atoms with Crippen molar-refractivity contribution in [1.82, 2.24) is 19.9 Å². The number of hydrogen-bond donors (Lipinski definition) is 3. The van der Waals surface area contributed by atoms with Gasteiger partial charge < -0.3 is 24.6 Å². The van der Waals surface area contributed by atoms with Gasteiger partial charge in [0.15, 0.2) is 11.6 Å². The topological polar surface area (TPSA) is 109 Å². The molecule has 3 aromatic heterocycles. The first-order valence-electron chi connectivity index (χ1n) is 11.2. The highest BCUT2D eigenvalue weighted by Crippen LogP contribution is 2.21. The molecule has 0 fully saturated rings. The Hall–Kier alpha value is -4.51. The molecule has 0 bridgehead atoms. The van der Waals surface area contributed by atoms with Crippen molar-refractivity contribution in [3.8, 4) is 5.75 Å². The molecule has 0 aliphatic carbocycles. The summed E-state index contributed by atoms with van der Waals surface area (Å²) in [5.74, 6) is -2.10. The molecule has 3 N–H and O–H groups in total. The number of rotatable bonds is 8. The van der Waals surface area contributed by atoms with Gasteiger partial charge in [0.25, 0.3) is 11.5 Å². The monoisotopic (exact) mass is 522 g/mol. The zero-order valence-electron chi connectivity index (χ0n) is 19.2. The number of nitrogens with zero attached hydrogens (tertiary/aromatic N) is 1. The quantitative estimate of drug-likeness (QED) is 0.287. The molecular weight excluding hydrogens is 502 g/mol. The van der Waals surface area contributed by atoms with Crippen LogP contribution in [-0.2, 0) is 6.54 Å². The lowest BCUT2D eigenvalue weighted by atomic mass is 10.1. The molecule has 3 heterocycles. The Bertz CT molecular complexity index is 1690. The minimum absolute atomic E-state index is 0.0298. The van der Waals surface area contributed by atoms with Gasteiger partial charge in [-0.2, -0.15) is 11.3 Å². The third-order valence-corrected chi connectivity index (χ3v) is 6.46. The highest BCUT2D eigenvalue weighted by molar-refractivity contribution is 7.08. The van der Waals surface area contributed by atoms with Crippen molar-refractivity contribution in [1.29, 1.82) is 0 Å². The maximum atomic E-state index is 13.6. The van der Waals surface area contributed by atoms with E-state index in [0.717, 1.165) is 17.7 Å². The van der Waals surface area contributed by atoms with Crippen molar-refractivity contribution in [2.45, 2.75) is 12.6 Å². The average molecular weight is 523 g/mol. The van der Waals surface area contributed by atoms with E-state index in [1.165, 1.54) is 34.2 Å². The predicted molar refractivity (Wildman–Crippen MR) is 135 cm³/mol. The van der Waals surface area contributed by atoms with E-state index in [1.807, 2.05) is 16.8 Å². The molecule has 0 radical (unpaired) electrons. The largest absolute Gasteiger partial charge is 0.491 e. The number of nitrogens with one attached hydrogen (secondary N) is 3. The van der Waals surface area contributed by atoms with Gasteiger partial charge in [0.05, 0.1) is 23.6 Å². The van der Waals surface area contributed by atoms with Gasteiger partial charge in [-0.05, 0) is 64.4 Å². The number of halogens is 2. The Morgan fingerprint density at radius 1 is 1.03 bits per heavy atom. The second kappa shape index (κ2) is 10.2. The number of amides is 1. The van der Waals surface area contributed by atoms with Crippen LogP contribution >= 0.6 is 11.3 Å². The predicted octanol–water partition coefficient (Wildman–Crippen LogP) is 3.96. The van der Waals surface area contributed by atoms with Crippen LogP contribution in [0.25, 0.3) is 11.0 Å². The number of aromatic amines is 2. The number of benzene rings is 2. The third-order valence-electron chi connectivity index (χ3n) is 5.76. The zero-order valence-corrected chi connectivity index (χ0v) is 20.0. The molecule has 11 heteroatoms. The molecule has 2 aromatic carbocycles. The Labute approximate surface area is 212 Å². The third kappa shape index (κ3) is 5.36. The number of imidazole rings is 1. The van der Waals surface area contributed by atoms with E-state index in [1.54, 1.807) is 24.3 Å². The zero-order chi connectivity index (χ0) is 25.9. The minimum Gasteiger partial charge on any atom is -0.491 e. The van der Waals surface area contributed by atoms with Crippen LogP contribution in [0.3, 0.4) is 0 Å². The Morgan fingerprint density at radius 3 is 2.65 bits per heavy atom. The van der Waals surface area contributed by atoms with Gasteiger partial charge in [0.2, 0.25) is 0 Å². The minimum atomic E-state index is -1.01. The summed E-state index contributed by atoms with van der Waals surface area (Å²) in [6.45, 7) is 0.0382. The maximum Gasteiger partial charge on any atom is 0.323 e. The van der Waals surface area contributed by atoms with Crippen molar-refractivity contribution in [3.63, 3.8) is 0 Å². The van der Waals surface area contributed by atoms with Crippen LogP contribution < -0.4 is 21.3 Å². The van der Waals surface area contributed by atoms with E-state index >= 15 is 0 Å². The summed E-state index contributed by atoms with van der Waals surface area (Å²) in [6.07, 6.45) is 1.47. The molecule has 8 nitrogen and oxygen atoms in total. The van der Waals surface area contributed by atoms with Crippen LogP contribution in [-0.4, -0.2) is 27.0 Å². The Balaban J connectivity index is 1.34. The number of hydrogen-bond acceptors (Lipinski definition) is 5. The summed E-state index contributed by atoms with van der Waals surface area (Å²) in [7, 11) is 0. The Kier molecular flexibility index (Phi) is 6.69. The van der Waals surface area contributed by atoms with Crippen LogP contribution in [0.15, 0.2) is 81.1 Å². The van der Waals surface area contributed by atoms with Gasteiger partial charge >= 0.3 is 5.69 Å². The number of thiophene rings is 1. The van der Waals surface area contributed by atoms with Crippen LogP contribution in [0.5, 0.6) is 5.75 Å². The van der Waals surface area contributed by atoms with Crippen molar-refractivity contribution in [2.75, 3.05) is 6.61 Å². The number of aromatic nitrogens is 3. The van der Waals surface area contributed by atoms with Crippen LogP contribution in [0.2, 0.25) is 0 Å². The van der Waals surface area contributed by atoms with E-state index in [-0.39, 0.29) is 24.4 Å². The smallest absolute Gasteiger partial charge is 0.323 e. The SMILES string of the molecule is O=C(N[C@@H](COc1ccc2[nH]c(=O)[nH]c2c1)c1ccsc1)c1cccn(Cc2ccc(F)c(F)c2)c1=O. The van der Waals surface area contributed by atoms with Crippen molar-refractivity contribution in [3.05, 3.63) is 121 Å².